The minimum Gasteiger partial charge on any atom is -0.480 e. The molecule has 2 bridgehead atoms. The summed E-state index contributed by atoms with van der Waals surface area (Å²) in [5.74, 6) is -1.21. The van der Waals surface area contributed by atoms with Crippen molar-refractivity contribution in [2.45, 2.75) is 44.2 Å². The molecule has 14 nitrogen and oxygen atoms in total. The number of aromatic nitrogens is 6. The fraction of sp³-hybridized carbons (Fsp3) is 0.323. The molecule has 0 radical (unpaired) electrons. The summed E-state index contributed by atoms with van der Waals surface area (Å²) in [6, 6.07) is 9.15. The summed E-state index contributed by atoms with van der Waals surface area (Å²) in [4.78, 5) is 45.5. The number of esters is 1. The smallest absolute Gasteiger partial charge is 0.326 e. The number of nitrogens with zero attached hydrogens (tertiary/aromatic N) is 5. The maximum Gasteiger partial charge on any atom is 0.326 e. The van der Waals surface area contributed by atoms with Gasteiger partial charge >= 0.3 is 11.9 Å². The lowest BCUT2D eigenvalue weighted by atomic mass is 10.0. The molecule has 2 atom stereocenters. The lowest BCUT2D eigenvalue weighted by molar-refractivity contribution is -0.144. The Morgan fingerprint density at radius 3 is 2.78 bits per heavy atom. The van der Waals surface area contributed by atoms with Gasteiger partial charge in [0.05, 0.1) is 36.6 Å². The van der Waals surface area contributed by atoms with Crippen LogP contribution in [-0.2, 0) is 30.3 Å². The Morgan fingerprint density at radius 2 is 2.00 bits per heavy atom. The molecule has 1 amide bonds. The van der Waals surface area contributed by atoms with E-state index in [0.29, 0.717) is 76.9 Å². The Hall–Kier alpha value is -5.08. The highest BCUT2D eigenvalue weighted by Crippen LogP contribution is 2.32. The average Bonchev–Trinajstić information content (AvgIpc) is 3.74. The van der Waals surface area contributed by atoms with Crippen LogP contribution in [0.15, 0.2) is 55.0 Å². The number of imidazole rings is 1. The number of hydrogen-bond donors (Lipinski definition) is 4. The summed E-state index contributed by atoms with van der Waals surface area (Å²) < 4.78 is 11.6. The number of carboxylic acid groups (broad SMARTS) is 1. The molecule has 1 aliphatic rings. The number of halogens is 1. The van der Waals surface area contributed by atoms with Crippen molar-refractivity contribution in [1.29, 1.82) is 0 Å². The summed E-state index contributed by atoms with van der Waals surface area (Å²) in [5, 5.41) is 27.9. The number of nitrogens with one attached hydrogen (secondary N) is 3. The molecule has 5 rings (SSSR count). The van der Waals surface area contributed by atoms with E-state index in [4.69, 9.17) is 21.1 Å². The molecule has 0 aliphatic carbocycles. The molecule has 15 heteroatoms. The molecule has 2 aromatic carbocycles. The van der Waals surface area contributed by atoms with E-state index in [1.807, 2.05) is 0 Å². The van der Waals surface area contributed by atoms with E-state index in [0.717, 1.165) is 0 Å². The molecule has 46 heavy (non-hydrogen) atoms. The predicted molar refractivity (Wildman–Crippen MR) is 168 cm³/mol. The van der Waals surface area contributed by atoms with Gasteiger partial charge in [0.2, 0.25) is 5.91 Å². The van der Waals surface area contributed by atoms with Gasteiger partial charge in [-0.25, -0.2) is 9.78 Å². The van der Waals surface area contributed by atoms with Gasteiger partial charge in [0, 0.05) is 35.0 Å². The number of aromatic amines is 1. The quantitative estimate of drug-likeness (QED) is 0.111. The standard InChI is InChI=1S/C31H33ClN8O6/c1-45-12-13-46-29(42)15-19-6-9-22-25(14-19)35-24(31(43)44)5-3-2-4-23(30-33-17-26(22)37-30)36-28(41)11-7-20-16-21(32)8-10-27(20)40-18-34-38-39-40/h6-11,14,16-18,23-24,35H,2-5,12-13,15H2,1H3,(H,33,37)(H,36,41)(H,43,44)/b11-7+/t23-,24+/m0/s1. The number of ether oxygens (including phenoxy) is 2. The van der Waals surface area contributed by atoms with Crippen molar-refractivity contribution in [3.8, 4) is 16.9 Å². The molecule has 0 unspecified atom stereocenters. The Balaban J connectivity index is 1.38. The molecule has 4 N–H and O–H groups in total. The molecule has 0 saturated heterocycles. The van der Waals surface area contributed by atoms with Gasteiger partial charge in [-0.15, -0.1) is 5.10 Å². The van der Waals surface area contributed by atoms with Crippen LogP contribution >= 0.6 is 11.6 Å². The van der Waals surface area contributed by atoms with E-state index in [1.54, 1.807) is 48.7 Å². The first-order valence-corrected chi connectivity index (χ1v) is 15.0. The molecule has 3 heterocycles. The van der Waals surface area contributed by atoms with E-state index >= 15 is 0 Å². The fourth-order valence-corrected chi connectivity index (χ4v) is 5.29. The first kappa shape index (κ1) is 32.3. The van der Waals surface area contributed by atoms with Crippen LogP contribution in [0.5, 0.6) is 0 Å². The van der Waals surface area contributed by atoms with Gasteiger partial charge in [0.25, 0.3) is 0 Å². The summed E-state index contributed by atoms with van der Waals surface area (Å²) in [6.07, 6.45) is 8.23. The van der Waals surface area contributed by atoms with Crippen molar-refractivity contribution in [2.75, 3.05) is 25.6 Å². The Bertz CT molecular complexity index is 1710. The van der Waals surface area contributed by atoms with Crippen LogP contribution in [0.2, 0.25) is 5.02 Å². The highest BCUT2D eigenvalue weighted by Gasteiger charge is 2.24. The zero-order valence-electron chi connectivity index (χ0n) is 25.0. The number of amides is 1. The maximum absolute atomic E-state index is 13.2. The number of carbonyl (C=O) groups is 3. The molecule has 0 spiro atoms. The zero-order valence-corrected chi connectivity index (χ0v) is 25.7. The van der Waals surface area contributed by atoms with E-state index in [2.05, 4.69) is 36.1 Å². The number of methoxy groups -OCH3 is 1. The minimum absolute atomic E-state index is 0.0126. The van der Waals surface area contributed by atoms with Crippen molar-refractivity contribution in [2.24, 2.45) is 0 Å². The number of benzene rings is 2. The Labute approximate surface area is 269 Å². The van der Waals surface area contributed by atoms with Crippen LogP contribution in [0.3, 0.4) is 0 Å². The van der Waals surface area contributed by atoms with Crippen LogP contribution in [0.25, 0.3) is 23.0 Å². The van der Waals surface area contributed by atoms with Crippen LogP contribution in [0.1, 0.15) is 48.7 Å². The molecule has 4 aromatic rings. The van der Waals surface area contributed by atoms with Gasteiger partial charge in [-0.3, -0.25) is 9.59 Å². The van der Waals surface area contributed by atoms with Crippen LogP contribution in [0, 0.1) is 0 Å². The number of H-pyrrole nitrogens is 1. The van der Waals surface area contributed by atoms with Gasteiger partial charge in [-0.2, -0.15) is 4.68 Å². The normalized spacial score (nSPS) is 16.5. The number of carbonyl (C=O) groups excluding carboxylic acids is 2. The number of aliphatic carboxylic acids is 1. The van der Waals surface area contributed by atoms with Gasteiger partial charge in [0.1, 0.15) is 24.8 Å². The first-order chi connectivity index (χ1) is 22.3. The van der Waals surface area contributed by atoms with Crippen molar-refractivity contribution in [3.63, 3.8) is 0 Å². The van der Waals surface area contributed by atoms with E-state index < -0.39 is 24.0 Å². The van der Waals surface area contributed by atoms with Crippen LogP contribution in [0.4, 0.5) is 5.69 Å². The van der Waals surface area contributed by atoms with Crippen molar-refractivity contribution < 1.29 is 29.0 Å². The van der Waals surface area contributed by atoms with Crippen LogP contribution in [-0.4, -0.2) is 79.5 Å². The third-order valence-electron chi connectivity index (χ3n) is 7.38. The Kier molecular flexibility index (Phi) is 10.7. The minimum atomic E-state index is -0.991. The number of carboxylic acids is 1. The van der Waals surface area contributed by atoms with Gasteiger partial charge in [-0.05, 0) is 59.2 Å². The van der Waals surface area contributed by atoms with E-state index in [-0.39, 0.29) is 18.9 Å². The number of fused-ring (bicyclic) bond motifs is 4. The van der Waals surface area contributed by atoms with Gasteiger partial charge < -0.3 is 30.2 Å². The van der Waals surface area contributed by atoms with Crippen molar-refractivity contribution in [1.82, 2.24) is 35.5 Å². The zero-order chi connectivity index (χ0) is 32.5. The lowest BCUT2D eigenvalue weighted by Crippen LogP contribution is -2.30. The molecule has 2 aromatic heterocycles. The summed E-state index contributed by atoms with van der Waals surface area (Å²) in [6.45, 7) is 0.439. The maximum atomic E-state index is 13.2. The first-order valence-electron chi connectivity index (χ1n) is 14.6. The topological polar surface area (TPSA) is 186 Å². The average molecular weight is 649 g/mol. The lowest BCUT2D eigenvalue weighted by Gasteiger charge is -2.21. The molecule has 0 fully saturated rings. The third kappa shape index (κ3) is 8.34. The SMILES string of the molecule is COCCOC(=O)Cc1ccc2c(c1)N[C@@H](C(=O)O)CCCC[C@H](NC(=O)/C=C/c1cc(Cl)ccc1-n1cnnn1)c1ncc-2[nH]1. The number of hydrogen-bond acceptors (Lipinski definition) is 10. The molecule has 1 aliphatic heterocycles. The molecular formula is C31H33ClN8O6. The van der Waals surface area contributed by atoms with Gasteiger partial charge in [-0.1, -0.05) is 36.6 Å². The number of anilines is 1. The molecule has 240 valence electrons. The van der Waals surface area contributed by atoms with Gasteiger partial charge in [0.15, 0.2) is 0 Å². The van der Waals surface area contributed by atoms with Crippen molar-refractivity contribution >= 4 is 41.2 Å². The predicted octanol–water partition coefficient (Wildman–Crippen LogP) is 3.75. The van der Waals surface area contributed by atoms with Crippen LogP contribution < -0.4 is 10.6 Å². The second-order valence-electron chi connectivity index (χ2n) is 10.6. The number of rotatable bonds is 10. The summed E-state index contributed by atoms with van der Waals surface area (Å²) in [7, 11) is 1.52. The highest BCUT2D eigenvalue weighted by atomic mass is 35.5. The second-order valence-corrected chi connectivity index (χ2v) is 11.1. The van der Waals surface area contributed by atoms with E-state index in [9.17, 15) is 19.5 Å². The van der Waals surface area contributed by atoms with E-state index in [1.165, 1.54) is 24.2 Å². The second kappa shape index (κ2) is 15.3. The Morgan fingerprint density at radius 1 is 1.15 bits per heavy atom. The largest absolute Gasteiger partial charge is 0.480 e. The summed E-state index contributed by atoms with van der Waals surface area (Å²) in [5.41, 5.74) is 3.77. The monoisotopic (exact) mass is 648 g/mol. The highest BCUT2D eigenvalue weighted by molar-refractivity contribution is 6.30. The fourth-order valence-electron chi connectivity index (χ4n) is 5.11. The summed E-state index contributed by atoms with van der Waals surface area (Å²) >= 11 is 6.21. The third-order valence-corrected chi connectivity index (χ3v) is 7.61. The number of tetrazole rings is 1. The molecule has 0 saturated carbocycles. The van der Waals surface area contributed by atoms with Crippen molar-refractivity contribution in [3.05, 3.63) is 77.0 Å². The molecular weight excluding hydrogens is 616 g/mol.